The summed E-state index contributed by atoms with van der Waals surface area (Å²) in [5.41, 5.74) is 2.36. The van der Waals surface area contributed by atoms with E-state index in [2.05, 4.69) is 15.2 Å². The van der Waals surface area contributed by atoms with E-state index in [0.717, 1.165) is 18.7 Å². The zero-order valence-electron chi connectivity index (χ0n) is 5.91. The predicted molar refractivity (Wildman–Crippen MR) is 39.3 cm³/mol. The molecule has 0 N–H and O–H groups in total. The van der Waals surface area contributed by atoms with Gasteiger partial charge in [-0.2, -0.15) is 10.2 Å². The monoisotopic (exact) mass is 135 g/mol. The van der Waals surface area contributed by atoms with Gasteiger partial charge in [-0.1, -0.05) is 0 Å². The molecule has 2 aliphatic heterocycles. The first-order chi connectivity index (χ1) is 4.88. The van der Waals surface area contributed by atoms with Gasteiger partial charge in [-0.25, -0.2) is 0 Å². The molecule has 0 amide bonds. The van der Waals surface area contributed by atoms with Crippen molar-refractivity contribution in [1.82, 2.24) is 0 Å². The van der Waals surface area contributed by atoms with Crippen molar-refractivity contribution < 1.29 is 0 Å². The first-order valence-corrected chi connectivity index (χ1v) is 3.51. The van der Waals surface area contributed by atoms with Crippen molar-refractivity contribution in [2.75, 3.05) is 6.54 Å². The Morgan fingerprint density at radius 2 is 2.50 bits per heavy atom. The molecular weight excluding hydrogens is 126 g/mol. The molecule has 0 radical (unpaired) electrons. The van der Waals surface area contributed by atoms with Crippen LogP contribution in [0.4, 0.5) is 0 Å². The summed E-state index contributed by atoms with van der Waals surface area (Å²) in [5.74, 6) is 0. The van der Waals surface area contributed by atoms with E-state index in [4.69, 9.17) is 0 Å². The molecule has 0 fully saturated rings. The molecule has 3 nitrogen and oxygen atoms in total. The van der Waals surface area contributed by atoms with Crippen molar-refractivity contribution in [3.63, 3.8) is 0 Å². The van der Waals surface area contributed by atoms with Crippen molar-refractivity contribution in [2.24, 2.45) is 15.2 Å². The van der Waals surface area contributed by atoms with Crippen LogP contribution < -0.4 is 0 Å². The lowest BCUT2D eigenvalue weighted by molar-refractivity contribution is 0.877. The van der Waals surface area contributed by atoms with Crippen molar-refractivity contribution in [1.29, 1.82) is 0 Å². The lowest BCUT2D eigenvalue weighted by atomic mass is 10.1. The van der Waals surface area contributed by atoms with Gasteiger partial charge in [0.2, 0.25) is 0 Å². The molecule has 10 heavy (non-hydrogen) atoms. The van der Waals surface area contributed by atoms with Crippen LogP contribution in [0.2, 0.25) is 0 Å². The topological polar surface area (TPSA) is 37.1 Å². The van der Waals surface area contributed by atoms with Crippen molar-refractivity contribution in [3.05, 3.63) is 11.3 Å². The standard InChI is InChI=1S/C7H9N3/c1-5-6-4-8-3-2-7(6)10-9-5/h4-5H,2-3H2,1H3. The van der Waals surface area contributed by atoms with E-state index in [1.165, 1.54) is 5.57 Å². The summed E-state index contributed by atoms with van der Waals surface area (Å²) in [6, 6.07) is 0.249. The fraction of sp³-hybridized carbons (Fsp3) is 0.571. The van der Waals surface area contributed by atoms with Gasteiger partial charge in [-0.15, -0.1) is 0 Å². The Balaban J connectivity index is 2.36. The quantitative estimate of drug-likeness (QED) is 0.483. The maximum absolute atomic E-state index is 4.17. The molecule has 0 aromatic rings. The van der Waals surface area contributed by atoms with Crippen molar-refractivity contribution >= 4 is 6.21 Å². The predicted octanol–water partition coefficient (Wildman–Crippen LogP) is 1.57. The fourth-order valence-corrected chi connectivity index (χ4v) is 1.23. The number of nitrogens with zero attached hydrogens (tertiary/aromatic N) is 3. The first kappa shape index (κ1) is 5.77. The van der Waals surface area contributed by atoms with Gasteiger partial charge < -0.3 is 0 Å². The first-order valence-electron chi connectivity index (χ1n) is 3.51. The minimum absolute atomic E-state index is 0.249. The van der Waals surface area contributed by atoms with Crippen LogP contribution in [0.15, 0.2) is 26.5 Å². The maximum Gasteiger partial charge on any atom is 0.0966 e. The van der Waals surface area contributed by atoms with Crippen molar-refractivity contribution in [3.8, 4) is 0 Å². The minimum atomic E-state index is 0.249. The molecule has 0 aliphatic carbocycles. The van der Waals surface area contributed by atoms with E-state index in [1.807, 2.05) is 13.1 Å². The molecule has 0 saturated carbocycles. The van der Waals surface area contributed by atoms with Crippen LogP contribution in [-0.2, 0) is 0 Å². The van der Waals surface area contributed by atoms with Gasteiger partial charge in [0.15, 0.2) is 0 Å². The lowest BCUT2D eigenvalue weighted by Crippen LogP contribution is -2.05. The molecule has 3 heteroatoms. The normalized spacial score (nSPS) is 29.5. The molecule has 0 aromatic heterocycles. The van der Waals surface area contributed by atoms with Gasteiger partial charge in [0.1, 0.15) is 0 Å². The zero-order chi connectivity index (χ0) is 6.97. The molecule has 2 aliphatic rings. The van der Waals surface area contributed by atoms with Crippen LogP contribution in [-0.4, -0.2) is 18.8 Å². The Labute approximate surface area is 59.6 Å². The number of hydrogen-bond acceptors (Lipinski definition) is 3. The molecule has 0 bridgehead atoms. The third kappa shape index (κ3) is 0.701. The highest BCUT2D eigenvalue weighted by molar-refractivity contribution is 5.82. The van der Waals surface area contributed by atoms with E-state index in [9.17, 15) is 0 Å². The van der Waals surface area contributed by atoms with E-state index in [-0.39, 0.29) is 6.04 Å². The number of dihydropyridines is 1. The van der Waals surface area contributed by atoms with Gasteiger partial charge in [0, 0.05) is 24.8 Å². The SMILES string of the molecule is CC1N=NC2=C1C=NCC2. The largest absolute Gasteiger partial charge is 0.292 e. The summed E-state index contributed by atoms with van der Waals surface area (Å²) < 4.78 is 0. The third-order valence-corrected chi connectivity index (χ3v) is 1.84. The zero-order valence-corrected chi connectivity index (χ0v) is 5.91. The molecule has 2 heterocycles. The Kier molecular flexibility index (Phi) is 1.16. The highest BCUT2D eigenvalue weighted by Gasteiger charge is 2.19. The Bertz CT molecular complexity index is 227. The second kappa shape index (κ2) is 2.01. The molecule has 0 spiro atoms. The molecule has 1 unspecified atom stereocenters. The smallest absolute Gasteiger partial charge is 0.0966 e. The summed E-state index contributed by atoms with van der Waals surface area (Å²) >= 11 is 0. The second-order valence-corrected chi connectivity index (χ2v) is 2.58. The number of hydrogen-bond donors (Lipinski definition) is 0. The van der Waals surface area contributed by atoms with E-state index in [0.29, 0.717) is 0 Å². The van der Waals surface area contributed by atoms with Crippen LogP contribution in [0.1, 0.15) is 13.3 Å². The van der Waals surface area contributed by atoms with Crippen LogP contribution in [0.3, 0.4) is 0 Å². The Morgan fingerprint density at radius 1 is 1.60 bits per heavy atom. The summed E-state index contributed by atoms with van der Waals surface area (Å²) in [6.45, 7) is 2.92. The van der Waals surface area contributed by atoms with Crippen LogP contribution >= 0.6 is 0 Å². The van der Waals surface area contributed by atoms with Gasteiger partial charge in [0.25, 0.3) is 0 Å². The van der Waals surface area contributed by atoms with Crippen LogP contribution in [0, 0.1) is 0 Å². The molecule has 52 valence electrons. The van der Waals surface area contributed by atoms with Gasteiger partial charge >= 0.3 is 0 Å². The Hall–Kier alpha value is -0.990. The number of rotatable bonds is 0. The van der Waals surface area contributed by atoms with Crippen molar-refractivity contribution in [2.45, 2.75) is 19.4 Å². The molecule has 1 atom stereocenters. The molecule has 0 saturated heterocycles. The minimum Gasteiger partial charge on any atom is -0.292 e. The van der Waals surface area contributed by atoms with Crippen LogP contribution in [0.25, 0.3) is 0 Å². The second-order valence-electron chi connectivity index (χ2n) is 2.58. The number of aliphatic imine (C=N–C) groups is 1. The van der Waals surface area contributed by atoms with E-state index in [1.54, 1.807) is 0 Å². The van der Waals surface area contributed by atoms with Crippen LogP contribution in [0.5, 0.6) is 0 Å². The average Bonchev–Trinajstić information content (AvgIpc) is 2.34. The molecule has 0 aromatic carbocycles. The summed E-state index contributed by atoms with van der Waals surface area (Å²) in [5, 5.41) is 8.09. The highest BCUT2D eigenvalue weighted by atomic mass is 15.2. The van der Waals surface area contributed by atoms with Gasteiger partial charge in [0.05, 0.1) is 11.7 Å². The average molecular weight is 135 g/mol. The van der Waals surface area contributed by atoms with E-state index >= 15 is 0 Å². The van der Waals surface area contributed by atoms with Gasteiger partial charge in [-0.3, -0.25) is 4.99 Å². The van der Waals surface area contributed by atoms with Gasteiger partial charge in [-0.05, 0) is 6.92 Å². The summed E-state index contributed by atoms with van der Waals surface area (Å²) in [6.07, 6.45) is 2.88. The maximum atomic E-state index is 4.17. The fourth-order valence-electron chi connectivity index (χ4n) is 1.23. The molecule has 2 rings (SSSR count). The number of azo groups is 1. The summed E-state index contributed by atoms with van der Waals surface area (Å²) in [7, 11) is 0. The lowest BCUT2D eigenvalue weighted by Gasteiger charge is -2.05. The highest BCUT2D eigenvalue weighted by Crippen LogP contribution is 2.24. The molecular formula is C7H9N3. The third-order valence-electron chi connectivity index (χ3n) is 1.84. The Morgan fingerprint density at radius 3 is 3.30 bits per heavy atom. The summed E-state index contributed by atoms with van der Waals surface area (Å²) in [4.78, 5) is 4.17. The van der Waals surface area contributed by atoms with E-state index < -0.39 is 0 Å².